The van der Waals surface area contributed by atoms with Crippen molar-refractivity contribution in [3.63, 3.8) is 0 Å². The summed E-state index contributed by atoms with van der Waals surface area (Å²) in [5, 5.41) is 0.791. The fourth-order valence-corrected chi connectivity index (χ4v) is 4.29. The molecule has 3 aliphatic rings. The predicted molar refractivity (Wildman–Crippen MR) is 86.0 cm³/mol. The molecule has 1 amide bonds. The second-order valence-electron chi connectivity index (χ2n) is 7.29. The van der Waals surface area contributed by atoms with E-state index < -0.39 is 0 Å². The number of carbonyl (C=O) groups excluding carboxylic acids is 1. The molecule has 1 aromatic rings. The Labute approximate surface area is 136 Å². The number of likely N-dealkylation sites (tertiary alicyclic amines) is 1. The zero-order valence-electron chi connectivity index (χ0n) is 12.8. The molecule has 0 aromatic heterocycles. The fourth-order valence-electron chi connectivity index (χ4n) is 4.16. The van der Waals surface area contributed by atoms with Gasteiger partial charge >= 0.3 is 0 Å². The number of nitrogens with zero attached hydrogens (tertiary/aromatic N) is 1. The van der Waals surface area contributed by atoms with Gasteiger partial charge in [0.2, 0.25) is 5.91 Å². The first kappa shape index (κ1) is 14.5. The van der Waals surface area contributed by atoms with Crippen LogP contribution in [0.25, 0.3) is 0 Å². The van der Waals surface area contributed by atoms with Crippen LogP contribution in [0.1, 0.15) is 37.2 Å². The molecule has 1 aliphatic carbocycles. The van der Waals surface area contributed by atoms with Gasteiger partial charge in [0, 0.05) is 24.0 Å². The standard InChI is InChI=1S/C18H22ClNO2/c19-16-7-5-14(6-8-16)13-1-3-15(4-2-13)17(21)20-9-18(10-20)11-22-12-18/h5-8,13,15H,1-4,9-12H2/t13-,15-. The SMILES string of the molecule is O=C([C@H]1CC[C@H](c2ccc(Cl)cc2)CC1)N1CC2(COC2)C1. The van der Waals surface area contributed by atoms with Crippen molar-refractivity contribution < 1.29 is 9.53 Å². The number of benzene rings is 1. The third kappa shape index (κ3) is 2.55. The third-order valence-electron chi connectivity index (χ3n) is 5.60. The van der Waals surface area contributed by atoms with E-state index in [1.165, 1.54) is 5.56 Å². The van der Waals surface area contributed by atoms with E-state index in [9.17, 15) is 4.79 Å². The van der Waals surface area contributed by atoms with Gasteiger partial charge in [-0.3, -0.25) is 4.79 Å². The average Bonchev–Trinajstić information content (AvgIpc) is 2.45. The quantitative estimate of drug-likeness (QED) is 0.835. The Morgan fingerprint density at radius 1 is 1.09 bits per heavy atom. The normalized spacial score (nSPS) is 29.8. The summed E-state index contributed by atoms with van der Waals surface area (Å²) < 4.78 is 5.28. The van der Waals surface area contributed by atoms with Crippen LogP contribution in [0, 0.1) is 11.3 Å². The number of hydrogen-bond donors (Lipinski definition) is 0. The highest BCUT2D eigenvalue weighted by Crippen LogP contribution is 2.41. The number of amides is 1. The molecule has 0 atom stereocenters. The van der Waals surface area contributed by atoms with E-state index in [0.717, 1.165) is 57.0 Å². The van der Waals surface area contributed by atoms with Crippen molar-refractivity contribution in [2.24, 2.45) is 11.3 Å². The zero-order valence-corrected chi connectivity index (χ0v) is 13.5. The molecule has 0 N–H and O–H groups in total. The zero-order chi connectivity index (χ0) is 15.2. The minimum atomic E-state index is 0.238. The molecule has 0 radical (unpaired) electrons. The molecule has 1 spiro atoms. The molecule has 2 saturated heterocycles. The van der Waals surface area contributed by atoms with E-state index in [2.05, 4.69) is 17.0 Å². The Hall–Kier alpha value is -1.06. The lowest BCUT2D eigenvalue weighted by atomic mass is 9.74. The van der Waals surface area contributed by atoms with Crippen LogP contribution in [0.15, 0.2) is 24.3 Å². The molecule has 1 saturated carbocycles. The van der Waals surface area contributed by atoms with Crippen LogP contribution in [0.3, 0.4) is 0 Å². The topological polar surface area (TPSA) is 29.5 Å². The van der Waals surface area contributed by atoms with Gasteiger partial charge in [0.15, 0.2) is 0 Å². The Kier molecular flexibility index (Phi) is 3.66. The van der Waals surface area contributed by atoms with Gasteiger partial charge in [0.25, 0.3) is 0 Å². The largest absolute Gasteiger partial charge is 0.380 e. The lowest BCUT2D eigenvalue weighted by Crippen LogP contribution is -2.67. The number of ether oxygens (including phenoxy) is 1. The van der Waals surface area contributed by atoms with Crippen molar-refractivity contribution in [2.45, 2.75) is 31.6 Å². The van der Waals surface area contributed by atoms with Gasteiger partial charge in [-0.1, -0.05) is 23.7 Å². The summed E-state index contributed by atoms with van der Waals surface area (Å²) in [6, 6.07) is 8.19. The maximum atomic E-state index is 12.6. The second kappa shape index (κ2) is 5.54. The second-order valence-corrected chi connectivity index (χ2v) is 7.72. The van der Waals surface area contributed by atoms with Crippen LogP contribution >= 0.6 is 11.6 Å². The van der Waals surface area contributed by atoms with Gasteiger partial charge in [-0.25, -0.2) is 0 Å². The highest BCUT2D eigenvalue weighted by Gasteiger charge is 2.51. The smallest absolute Gasteiger partial charge is 0.225 e. The molecule has 3 nitrogen and oxygen atoms in total. The molecule has 3 fully saturated rings. The minimum absolute atomic E-state index is 0.238. The fraction of sp³-hybridized carbons (Fsp3) is 0.611. The molecule has 4 heteroatoms. The van der Waals surface area contributed by atoms with Crippen molar-refractivity contribution in [3.8, 4) is 0 Å². The van der Waals surface area contributed by atoms with E-state index in [0.29, 0.717) is 17.2 Å². The van der Waals surface area contributed by atoms with Gasteiger partial charge < -0.3 is 9.64 Å². The lowest BCUT2D eigenvalue weighted by Gasteiger charge is -2.55. The van der Waals surface area contributed by atoms with Crippen molar-refractivity contribution in [1.29, 1.82) is 0 Å². The summed E-state index contributed by atoms with van der Waals surface area (Å²) in [6.45, 7) is 3.53. The highest BCUT2D eigenvalue weighted by atomic mass is 35.5. The predicted octanol–water partition coefficient (Wildman–Crippen LogP) is 3.47. The molecule has 118 valence electrons. The van der Waals surface area contributed by atoms with Crippen molar-refractivity contribution >= 4 is 17.5 Å². The van der Waals surface area contributed by atoms with Crippen LogP contribution in [-0.2, 0) is 9.53 Å². The summed E-state index contributed by atoms with van der Waals surface area (Å²) in [5.74, 6) is 1.21. The van der Waals surface area contributed by atoms with Gasteiger partial charge in [-0.2, -0.15) is 0 Å². The first-order chi connectivity index (χ1) is 10.7. The monoisotopic (exact) mass is 319 g/mol. The molecule has 0 bridgehead atoms. The number of rotatable bonds is 2. The Morgan fingerprint density at radius 3 is 2.27 bits per heavy atom. The Balaban J connectivity index is 1.30. The number of halogens is 1. The van der Waals surface area contributed by atoms with Crippen LogP contribution in [0.2, 0.25) is 5.02 Å². The van der Waals surface area contributed by atoms with Gasteiger partial charge in [0.05, 0.1) is 18.6 Å². The van der Waals surface area contributed by atoms with Crippen molar-refractivity contribution in [3.05, 3.63) is 34.9 Å². The number of carbonyl (C=O) groups is 1. The first-order valence-electron chi connectivity index (χ1n) is 8.27. The molecule has 2 aliphatic heterocycles. The molecule has 0 unspecified atom stereocenters. The van der Waals surface area contributed by atoms with Crippen molar-refractivity contribution in [2.75, 3.05) is 26.3 Å². The summed E-state index contributed by atoms with van der Waals surface area (Å²) in [6.07, 6.45) is 4.26. The van der Waals surface area contributed by atoms with Crippen LogP contribution < -0.4 is 0 Å². The summed E-state index contributed by atoms with van der Waals surface area (Å²) >= 11 is 5.95. The maximum Gasteiger partial charge on any atom is 0.225 e. The van der Waals surface area contributed by atoms with Crippen LogP contribution in [-0.4, -0.2) is 37.1 Å². The lowest BCUT2D eigenvalue weighted by molar-refractivity contribution is -0.198. The summed E-state index contributed by atoms with van der Waals surface area (Å²) in [4.78, 5) is 14.6. The van der Waals surface area contributed by atoms with Gasteiger partial charge in [-0.15, -0.1) is 0 Å². The third-order valence-corrected chi connectivity index (χ3v) is 5.85. The molecular formula is C18H22ClNO2. The molecular weight excluding hydrogens is 298 g/mol. The van der Waals surface area contributed by atoms with Crippen molar-refractivity contribution in [1.82, 2.24) is 4.90 Å². The average molecular weight is 320 g/mol. The van der Waals surface area contributed by atoms with Gasteiger partial charge in [-0.05, 0) is 49.3 Å². The van der Waals surface area contributed by atoms with E-state index in [4.69, 9.17) is 16.3 Å². The molecule has 22 heavy (non-hydrogen) atoms. The van der Waals surface area contributed by atoms with Crippen LogP contribution in [0.5, 0.6) is 0 Å². The van der Waals surface area contributed by atoms with E-state index in [1.54, 1.807) is 0 Å². The highest BCUT2D eigenvalue weighted by molar-refractivity contribution is 6.30. The van der Waals surface area contributed by atoms with E-state index >= 15 is 0 Å². The molecule has 2 heterocycles. The van der Waals surface area contributed by atoms with Crippen LogP contribution in [0.4, 0.5) is 0 Å². The molecule has 4 rings (SSSR count). The minimum Gasteiger partial charge on any atom is -0.380 e. The number of hydrogen-bond acceptors (Lipinski definition) is 2. The van der Waals surface area contributed by atoms with E-state index in [-0.39, 0.29) is 5.92 Å². The Bertz CT molecular complexity index is 551. The summed E-state index contributed by atoms with van der Waals surface area (Å²) in [5.41, 5.74) is 1.70. The Morgan fingerprint density at radius 2 is 1.73 bits per heavy atom. The van der Waals surface area contributed by atoms with E-state index in [1.807, 2.05) is 12.1 Å². The first-order valence-corrected chi connectivity index (χ1v) is 8.65. The molecule has 1 aromatic carbocycles. The maximum absolute atomic E-state index is 12.6. The summed E-state index contributed by atoms with van der Waals surface area (Å²) in [7, 11) is 0. The van der Waals surface area contributed by atoms with Gasteiger partial charge in [0.1, 0.15) is 0 Å².